The molecule has 18 heavy (non-hydrogen) atoms. The summed E-state index contributed by atoms with van der Waals surface area (Å²) in [5.74, 6) is 0.269. The Kier molecular flexibility index (Phi) is 3.47. The fourth-order valence-corrected chi connectivity index (χ4v) is 2.58. The molecule has 1 saturated heterocycles. The molecule has 1 aliphatic heterocycles. The number of benzene rings is 1. The van der Waals surface area contributed by atoms with Gasteiger partial charge in [-0.05, 0) is 25.3 Å². The molecule has 1 heterocycles. The van der Waals surface area contributed by atoms with Gasteiger partial charge in [-0.3, -0.25) is 4.79 Å². The van der Waals surface area contributed by atoms with Crippen molar-refractivity contribution in [3.63, 3.8) is 0 Å². The van der Waals surface area contributed by atoms with E-state index in [1.807, 2.05) is 20.8 Å². The smallest absolute Gasteiger partial charge is 0.228 e. The summed E-state index contributed by atoms with van der Waals surface area (Å²) >= 11 is 0. The summed E-state index contributed by atoms with van der Waals surface area (Å²) in [6.07, 6.45) is 2.20. The summed E-state index contributed by atoms with van der Waals surface area (Å²) in [4.78, 5) is 14.5. The van der Waals surface area contributed by atoms with Crippen LogP contribution in [0.3, 0.4) is 0 Å². The SMILES string of the molecule is Cc1ccc([C@H]2CCCN2C(=O)C(C)(C)C)cc1. The van der Waals surface area contributed by atoms with E-state index in [0.29, 0.717) is 0 Å². The largest absolute Gasteiger partial charge is 0.335 e. The monoisotopic (exact) mass is 245 g/mol. The fourth-order valence-electron chi connectivity index (χ4n) is 2.58. The Morgan fingerprint density at radius 1 is 1.22 bits per heavy atom. The predicted octanol–water partition coefficient (Wildman–Crippen LogP) is 3.70. The van der Waals surface area contributed by atoms with Crippen molar-refractivity contribution >= 4 is 5.91 Å². The number of carbonyl (C=O) groups is 1. The second-order valence-corrected chi connectivity index (χ2v) is 6.32. The average Bonchev–Trinajstić information content (AvgIpc) is 2.76. The van der Waals surface area contributed by atoms with Crippen LogP contribution in [-0.2, 0) is 4.79 Å². The van der Waals surface area contributed by atoms with Crippen LogP contribution in [0.15, 0.2) is 24.3 Å². The minimum atomic E-state index is -0.284. The van der Waals surface area contributed by atoms with Gasteiger partial charge in [-0.15, -0.1) is 0 Å². The van der Waals surface area contributed by atoms with Crippen LogP contribution in [0.5, 0.6) is 0 Å². The van der Waals surface area contributed by atoms with Crippen LogP contribution >= 0.6 is 0 Å². The highest BCUT2D eigenvalue weighted by Crippen LogP contribution is 2.35. The van der Waals surface area contributed by atoms with Crippen molar-refractivity contribution in [2.45, 2.75) is 46.6 Å². The molecule has 1 amide bonds. The van der Waals surface area contributed by atoms with Gasteiger partial charge in [0.1, 0.15) is 0 Å². The molecule has 2 nitrogen and oxygen atoms in total. The van der Waals surface area contributed by atoms with Gasteiger partial charge >= 0.3 is 0 Å². The van der Waals surface area contributed by atoms with Gasteiger partial charge < -0.3 is 4.90 Å². The van der Waals surface area contributed by atoms with Gasteiger partial charge in [0.2, 0.25) is 5.91 Å². The summed E-state index contributed by atoms with van der Waals surface area (Å²) in [6.45, 7) is 8.99. The van der Waals surface area contributed by atoms with E-state index in [9.17, 15) is 4.79 Å². The van der Waals surface area contributed by atoms with Gasteiger partial charge in [0.05, 0.1) is 6.04 Å². The minimum Gasteiger partial charge on any atom is -0.335 e. The molecule has 0 saturated carbocycles. The molecular formula is C16H23NO. The molecule has 1 aromatic carbocycles. The standard InChI is InChI=1S/C16H23NO/c1-12-7-9-13(10-8-12)14-6-5-11-17(14)15(18)16(2,3)4/h7-10,14H,5-6,11H2,1-4H3/t14-/m1/s1. The number of aryl methyl sites for hydroxylation is 1. The highest BCUT2D eigenvalue weighted by atomic mass is 16.2. The zero-order valence-corrected chi connectivity index (χ0v) is 11.9. The highest BCUT2D eigenvalue weighted by Gasteiger charge is 2.35. The minimum absolute atomic E-state index is 0.269. The Bertz CT molecular complexity index is 427. The van der Waals surface area contributed by atoms with Crippen LogP contribution in [0.2, 0.25) is 0 Å². The topological polar surface area (TPSA) is 20.3 Å². The molecule has 98 valence electrons. The van der Waals surface area contributed by atoms with Crippen molar-refractivity contribution in [1.82, 2.24) is 4.90 Å². The number of carbonyl (C=O) groups excluding carboxylic acids is 1. The average molecular weight is 245 g/mol. The number of hydrogen-bond acceptors (Lipinski definition) is 1. The van der Waals surface area contributed by atoms with E-state index in [2.05, 4.69) is 36.1 Å². The lowest BCUT2D eigenvalue weighted by molar-refractivity contribution is -0.140. The van der Waals surface area contributed by atoms with Crippen LogP contribution in [0.4, 0.5) is 0 Å². The molecular weight excluding hydrogens is 222 g/mol. The Balaban J connectivity index is 2.22. The zero-order valence-electron chi connectivity index (χ0n) is 11.9. The lowest BCUT2D eigenvalue weighted by atomic mass is 9.93. The molecule has 2 heteroatoms. The van der Waals surface area contributed by atoms with Crippen LogP contribution in [0.25, 0.3) is 0 Å². The molecule has 0 spiro atoms. The Labute approximate surface area is 110 Å². The van der Waals surface area contributed by atoms with Crippen molar-refractivity contribution in [1.29, 1.82) is 0 Å². The molecule has 1 atom stereocenters. The highest BCUT2D eigenvalue weighted by molar-refractivity contribution is 5.82. The molecule has 1 fully saturated rings. The zero-order chi connectivity index (χ0) is 13.3. The molecule has 1 aromatic rings. The summed E-state index contributed by atoms with van der Waals surface area (Å²) < 4.78 is 0. The van der Waals surface area contributed by atoms with Crippen LogP contribution in [0, 0.1) is 12.3 Å². The fraction of sp³-hybridized carbons (Fsp3) is 0.562. The van der Waals surface area contributed by atoms with Gasteiger partial charge in [-0.2, -0.15) is 0 Å². The molecule has 0 unspecified atom stereocenters. The maximum atomic E-state index is 12.4. The number of nitrogens with zero attached hydrogens (tertiary/aromatic N) is 1. The van der Waals surface area contributed by atoms with Gasteiger partial charge in [0, 0.05) is 12.0 Å². The quantitative estimate of drug-likeness (QED) is 0.738. The van der Waals surface area contributed by atoms with E-state index >= 15 is 0 Å². The third kappa shape index (κ3) is 2.58. The Morgan fingerprint density at radius 3 is 2.39 bits per heavy atom. The van der Waals surface area contributed by atoms with Crippen molar-refractivity contribution in [3.8, 4) is 0 Å². The maximum absolute atomic E-state index is 12.4. The molecule has 1 aliphatic rings. The summed E-state index contributed by atoms with van der Waals surface area (Å²) in [6, 6.07) is 8.86. The number of rotatable bonds is 1. The molecule has 0 aliphatic carbocycles. The molecule has 0 radical (unpaired) electrons. The second kappa shape index (κ2) is 4.75. The Morgan fingerprint density at radius 2 is 1.83 bits per heavy atom. The van der Waals surface area contributed by atoms with Gasteiger partial charge in [0.25, 0.3) is 0 Å². The lowest BCUT2D eigenvalue weighted by Gasteiger charge is -2.31. The molecule has 2 rings (SSSR count). The van der Waals surface area contributed by atoms with E-state index in [4.69, 9.17) is 0 Å². The first-order valence-electron chi connectivity index (χ1n) is 6.77. The first-order chi connectivity index (χ1) is 8.39. The van der Waals surface area contributed by atoms with Crippen molar-refractivity contribution < 1.29 is 4.79 Å². The lowest BCUT2D eigenvalue weighted by Crippen LogP contribution is -2.38. The summed E-state index contributed by atoms with van der Waals surface area (Å²) in [5.41, 5.74) is 2.26. The normalized spacial score (nSPS) is 20.2. The van der Waals surface area contributed by atoms with Crippen LogP contribution in [-0.4, -0.2) is 17.4 Å². The number of amides is 1. The molecule has 0 bridgehead atoms. The van der Waals surface area contributed by atoms with Gasteiger partial charge in [-0.25, -0.2) is 0 Å². The number of hydrogen-bond donors (Lipinski definition) is 0. The third-order valence-corrected chi connectivity index (χ3v) is 3.62. The van der Waals surface area contributed by atoms with E-state index in [1.54, 1.807) is 0 Å². The third-order valence-electron chi connectivity index (χ3n) is 3.62. The van der Waals surface area contributed by atoms with Gasteiger partial charge in [0.15, 0.2) is 0 Å². The van der Waals surface area contributed by atoms with Crippen molar-refractivity contribution in [2.75, 3.05) is 6.54 Å². The van der Waals surface area contributed by atoms with E-state index in [0.717, 1.165) is 19.4 Å². The van der Waals surface area contributed by atoms with Crippen LogP contribution in [0.1, 0.15) is 50.8 Å². The van der Waals surface area contributed by atoms with Gasteiger partial charge in [-0.1, -0.05) is 50.6 Å². The van der Waals surface area contributed by atoms with Crippen LogP contribution < -0.4 is 0 Å². The van der Waals surface area contributed by atoms with E-state index in [-0.39, 0.29) is 17.4 Å². The summed E-state index contributed by atoms with van der Waals surface area (Å²) in [7, 11) is 0. The number of likely N-dealkylation sites (tertiary alicyclic amines) is 1. The van der Waals surface area contributed by atoms with Crippen molar-refractivity contribution in [3.05, 3.63) is 35.4 Å². The molecule has 0 aromatic heterocycles. The summed E-state index contributed by atoms with van der Waals surface area (Å²) in [5, 5.41) is 0. The maximum Gasteiger partial charge on any atom is 0.228 e. The van der Waals surface area contributed by atoms with E-state index in [1.165, 1.54) is 11.1 Å². The molecule has 0 N–H and O–H groups in total. The predicted molar refractivity (Wildman–Crippen MR) is 74.3 cm³/mol. The first kappa shape index (κ1) is 13.1. The van der Waals surface area contributed by atoms with E-state index < -0.39 is 0 Å². The van der Waals surface area contributed by atoms with Crippen molar-refractivity contribution in [2.24, 2.45) is 5.41 Å². The first-order valence-corrected chi connectivity index (χ1v) is 6.77. The second-order valence-electron chi connectivity index (χ2n) is 6.32. The Hall–Kier alpha value is -1.31.